The predicted octanol–water partition coefficient (Wildman–Crippen LogP) is 3.18. The third kappa shape index (κ3) is 4.87. The second-order valence-corrected chi connectivity index (χ2v) is 5.79. The van der Waals surface area contributed by atoms with E-state index in [9.17, 15) is 9.59 Å². The smallest absolute Gasteiger partial charge is 0.319 e. The molecular formula is C12H14ClIN2O3. The third-order valence-electron chi connectivity index (χ3n) is 2.68. The molecule has 5 nitrogen and oxygen atoms in total. The van der Waals surface area contributed by atoms with E-state index in [2.05, 4.69) is 33.2 Å². The summed E-state index contributed by atoms with van der Waals surface area (Å²) in [6.45, 7) is 3.17. The van der Waals surface area contributed by atoms with Gasteiger partial charge in [-0.2, -0.15) is 0 Å². The van der Waals surface area contributed by atoms with E-state index in [-0.39, 0.29) is 0 Å². The van der Waals surface area contributed by atoms with Crippen molar-refractivity contribution in [2.45, 2.75) is 19.9 Å². The Morgan fingerprint density at radius 3 is 2.53 bits per heavy atom. The second-order valence-electron chi connectivity index (χ2n) is 4.14. The Hall–Kier alpha value is -1.02. The summed E-state index contributed by atoms with van der Waals surface area (Å²) in [6.07, 6.45) is 0. The molecule has 2 unspecified atom stereocenters. The molecule has 0 aliphatic carbocycles. The van der Waals surface area contributed by atoms with Gasteiger partial charge in [0.1, 0.15) is 0 Å². The molecule has 0 aromatic heterocycles. The molecule has 0 fully saturated rings. The molecule has 0 bridgehead atoms. The fourth-order valence-electron chi connectivity index (χ4n) is 1.29. The zero-order chi connectivity index (χ0) is 14.6. The number of rotatable bonds is 4. The van der Waals surface area contributed by atoms with Gasteiger partial charge in [0.05, 0.1) is 16.6 Å². The van der Waals surface area contributed by atoms with Crippen LogP contribution < -0.4 is 10.6 Å². The van der Waals surface area contributed by atoms with Gasteiger partial charge >= 0.3 is 12.0 Å². The highest BCUT2D eigenvalue weighted by Crippen LogP contribution is 2.23. The van der Waals surface area contributed by atoms with E-state index in [0.717, 1.165) is 3.57 Å². The van der Waals surface area contributed by atoms with Crippen LogP contribution in [0, 0.1) is 9.49 Å². The summed E-state index contributed by atoms with van der Waals surface area (Å²) in [4.78, 5) is 22.5. The van der Waals surface area contributed by atoms with Gasteiger partial charge in [0.2, 0.25) is 0 Å². The van der Waals surface area contributed by atoms with Gasteiger partial charge in [-0.05, 0) is 54.6 Å². The van der Waals surface area contributed by atoms with Crippen LogP contribution in [0.25, 0.3) is 0 Å². The van der Waals surface area contributed by atoms with Gasteiger partial charge in [0.25, 0.3) is 0 Å². The highest BCUT2D eigenvalue weighted by molar-refractivity contribution is 14.1. The molecule has 0 aliphatic heterocycles. The molecule has 0 heterocycles. The van der Waals surface area contributed by atoms with E-state index < -0.39 is 24.0 Å². The molecule has 1 aromatic rings. The van der Waals surface area contributed by atoms with E-state index in [1.54, 1.807) is 19.1 Å². The number of carboxylic acids is 1. The number of carbonyl (C=O) groups is 2. The molecule has 0 spiro atoms. The molecule has 0 saturated carbocycles. The van der Waals surface area contributed by atoms with Gasteiger partial charge < -0.3 is 15.7 Å². The van der Waals surface area contributed by atoms with E-state index in [0.29, 0.717) is 10.7 Å². The molecule has 2 atom stereocenters. The van der Waals surface area contributed by atoms with E-state index in [1.807, 2.05) is 6.07 Å². The first-order chi connectivity index (χ1) is 8.81. The summed E-state index contributed by atoms with van der Waals surface area (Å²) in [5.41, 5.74) is 0.481. The molecular weight excluding hydrogens is 383 g/mol. The SMILES string of the molecule is CC(NC(=O)Nc1ccc(I)cc1Cl)C(C)C(=O)O. The van der Waals surface area contributed by atoms with E-state index in [1.165, 1.54) is 6.92 Å². The Balaban J connectivity index is 2.63. The number of carbonyl (C=O) groups excluding carboxylic acids is 1. The number of benzene rings is 1. The topological polar surface area (TPSA) is 78.4 Å². The number of amides is 2. The summed E-state index contributed by atoms with van der Waals surface area (Å²) in [7, 11) is 0. The summed E-state index contributed by atoms with van der Waals surface area (Å²) in [5.74, 6) is -1.63. The lowest BCUT2D eigenvalue weighted by Gasteiger charge is -2.18. The third-order valence-corrected chi connectivity index (χ3v) is 3.66. The Labute approximate surface area is 129 Å². The molecule has 0 aliphatic rings. The van der Waals surface area contributed by atoms with Crippen LogP contribution in [0.15, 0.2) is 18.2 Å². The quantitative estimate of drug-likeness (QED) is 0.684. The van der Waals surface area contributed by atoms with Crippen LogP contribution in [-0.2, 0) is 4.79 Å². The lowest BCUT2D eigenvalue weighted by Crippen LogP contribution is -2.42. The minimum absolute atomic E-state index is 0.431. The van der Waals surface area contributed by atoms with Crippen molar-refractivity contribution in [3.63, 3.8) is 0 Å². The van der Waals surface area contributed by atoms with Gasteiger partial charge in [-0.1, -0.05) is 11.6 Å². The van der Waals surface area contributed by atoms with Crippen LogP contribution in [0.3, 0.4) is 0 Å². The van der Waals surface area contributed by atoms with Crippen LogP contribution in [-0.4, -0.2) is 23.1 Å². The normalized spacial score (nSPS) is 13.5. The van der Waals surface area contributed by atoms with Crippen molar-refractivity contribution in [2.75, 3.05) is 5.32 Å². The van der Waals surface area contributed by atoms with Crippen molar-refractivity contribution < 1.29 is 14.7 Å². The number of anilines is 1. The largest absolute Gasteiger partial charge is 0.481 e. The zero-order valence-electron chi connectivity index (χ0n) is 10.4. The number of urea groups is 1. The van der Waals surface area contributed by atoms with Crippen molar-refractivity contribution in [3.05, 3.63) is 26.8 Å². The average molecular weight is 397 g/mol. The number of aliphatic carboxylic acids is 1. The van der Waals surface area contributed by atoms with Crippen molar-refractivity contribution in [2.24, 2.45) is 5.92 Å². The molecule has 7 heteroatoms. The van der Waals surface area contributed by atoms with Gasteiger partial charge in [0, 0.05) is 9.61 Å². The van der Waals surface area contributed by atoms with Gasteiger partial charge in [-0.25, -0.2) is 4.79 Å². The first kappa shape index (κ1) is 16.0. The minimum Gasteiger partial charge on any atom is -0.481 e. The maximum absolute atomic E-state index is 11.7. The van der Waals surface area contributed by atoms with Crippen LogP contribution in [0.1, 0.15) is 13.8 Å². The summed E-state index contributed by atoms with van der Waals surface area (Å²) in [6, 6.07) is 4.25. The van der Waals surface area contributed by atoms with Crippen molar-refractivity contribution in [3.8, 4) is 0 Å². The van der Waals surface area contributed by atoms with Gasteiger partial charge in [-0.15, -0.1) is 0 Å². The average Bonchev–Trinajstić information content (AvgIpc) is 2.31. The van der Waals surface area contributed by atoms with Crippen LogP contribution in [0.5, 0.6) is 0 Å². The second kappa shape index (κ2) is 6.95. The monoisotopic (exact) mass is 396 g/mol. The van der Waals surface area contributed by atoms with Crippen molar-refractivity contribution in [1.82, 2.24) is 5.32 Å². The molecule has 0 saturated heterocycles. The lowest BCUT2D eigenvalue weighted by atomic mass is 10.0. The highest BCUT2D eigenvalue weighted by atomic mass is 127. The molecule has 104 valence electrons. The fourth-order valence-corrected chi connectivity index (χ4v) is 2.20. The Bertz CT molecular complexity index is 496. The first-order valence-electron chi connectivity index (χ1n) is 5.56. The number of carboxylic acid groups (broad SMARTS) is 1. The zero-order valence-corrected chi connectivity index (χ0v) is 13.3. The fraction of sp³-hybridized carbons (Fsp3) is 0.333. The van der Waals surface area contributed by atoms with Crippen molar-refractivity contribution >= 4 is 51.9 Å². The van der Waals surface area contributed by atoms with Gasteiger partial charge in [-0.3, -0.25) is 4.79 Å². The Morgan fingerprint density at radius 1 is 1.37 bits per heavy atom. The van der Waals surface area contributed by atoms with Crippen LogP contribution in [0.4, 0.5) is 10.5 Å². The summed E-state index contributed by atoms with van der Waals surface area (Å²) < 4.78 is 0.960. The van der Waals surface area contributed by atoms with E-state index in [4.69, 9.17) is 16.7 Å². The Kier molecular flexibility index (Phi) is 5.86. The maximum Gasteiger partial charge on any atom is 0.319 e. The maximum atomic E-state index is 11.7. The van der Waals surface area contributed by atoms with Gasteiger partial charge in [0.15, 0.2) is 0 Å². The predicted molar refractivity (Wildman–Crippen MR) is 82.6 cm³/mol. The molecule has 1 aromatic carbocycles. The summed E-state index contributed by atoms with van der Waals surface area (Å²) in [5, 5.41) is 14.4. The van der Waals surface area contributed by atoms with Crippen molar-refractivity contribution in [1.29, 1.82) is 0 Å². The number of nitrogens with one attached hydrogen (secondary N) is 2. The Morgan fingerprint density at radius 2 is 2.00 bits per heavy atom. The number of hydrogen-bond acceptors (Lipinski definition) is 2. The molecule has 19 heavy (non-hydrogen) atoms. The molecule has 1 rings (SSSR count). The molecule has 3 N–H and O–H groups in total. The molecule has 2 amide bonds. The van der Waals surface area contributed by atoms with E-state index >= 15 is 0 Å². The highest BCUT2D eigenvalue weighted by Gasteiger charge is 2.21. The summed E-state index contributed by atoms with van der Waals surface area (Å²) >= 11 is 8.10. The lowest BCUT2D eigenvalue weighted by molar-refractivity contribution is -0.141. The first-order valence-corrected chi connectivity index (χ1v) is 7.02. The molecule has 0 radical (unpaired) electrons. The number of halogens is 2. The van der Waals surface area contributed by atoms with Crippen LogP contribution >= 0.6 is 34.2 Å². The standard InChI is InChI=1S/C12H14ClIN2O3/c1-6(11(17)18)7(2)15-12(19)16-10-4-3-8(14)5-9(10)13/h3-7H,1-2H3,(H,17,18)(H2,15,16,19). The van der Waals surface area contributed by atoms with Crippen LogP contribution in [0.2, 0.25) is 5.02 Å². The number of hydrogen-bond donors (Lipinski definition) is 3. The minimum atomic E-state index is -0.958.